The Bertz CT molecular complexity index is 577. The highest BCUT2D eigenvalue weighted by atomic mass is 35.5. The lowest BCUT2D eigenvalue weighted by Crippen LogP contribution is -2.31. The molecule has 1 aromatic rings. The van der Waals surface area contributed by atoms with Crippen LogP contribution in [0.2, 0.25) is 0 Å². The number of nitrogens with zero attached hydrogens (tertiary/aromatic N) is 2. The molecule has 2 rings (SSSR count). The quantitative estimate of drug-likeness (QED) is 0.769. The molecule has 1 heterocycles. The normalized spacial score (nSPS) is 18.0. The van der Waals surface area contributed by atoms with Gasteiger partial charge >= 0.3 is 0 Å². The summed E-state index contributed by atoms with van der Waals surface area (Å²) in [5, 5.41) is -1.19. The Hall–Kier alpha value is -0.880. The summed E-state index contributed by atoms with van der Waals surface area (Å²) in [6.07, 6.45) is 4.71. The predicted molar refractivity (Wildman–Crippen MR) is 64.1 cm³/mol. The maximum atomic E-state index is 12.0. The third-order valence-electron chi connectivity index (χ3n) is 2.79. The van der Waals surface area contributed by atoms with Crippen molar-refractivity contribution in [1.82, 2.24) is 9.55 Å². The Morgan fingerprint density at radius 3 is 2.76 bits per heavy atom. The molecule has 0 N–H and O–H groups in total. The molecular formula is C10H13ClN2O3S. The van der Waals surface area contributed by atoms with Gasteiger partial charge in [-0.3, -0.25) is 4.79 Å². The zero-order chi connectivity index (χ0) is 12.6. The summed E-state index contributed by atoms with van der Waals surface area (Å²) in [5.74, 6) is -0.0538. The van der Waals surface area contributed by atoms with Crippen molar-refractivity contribution in [2.75, 3.05) is 5.88 Å². The third kappa shape index (κ3) is 2.24. The van der Waals surface area contributed by atoms with Crippen molar-refractivity contribution in [3.63, 3.8) is 0 Å². The van der Waals surface area contributed by atoms with E-state index in [1.807, 2.05) is 0 Å². The number of sulfone groups is 1. The lowest BCUT2D eigenvalue weighted by Gasteiger charge is -2.10. The second kappa shape index (κ2) is 4.42. The number of aromatic nitrogens is 2. The third-order valence-corrected chi connectivity index (χ3v) is 5.48. The van der Waals surface area contributed by atoms with E-state index in [0.717, 1.165) is 12.8 Å². The van der Waals surface area contributed by atoms with Crippen molar-refractivity contribution in [2.24, 2.45) is 0 Å². The average molecular weight is 277 g/mol. The first kappa shape index (κ1) is 12.6. The minimum atomic E-state index is -3.72. The number of halogens is 1. The van der Waals surface area contributed by atoms with E-state index in [9.17, 15) is 13.2 Å². The summed E-state index contributed by atoms with van der Waals surface area (Å²) in [4.78, 5) is 15.7. The number of alkyl halides is 1. The van der Waals surface area contributed by atoms with Crippen LogP contribution in [0.15, 0.2) is 22.2 Å². The molecule has 7 heteroatoms. The van der Waals surface area contributed by atoms with Gasteiger partial charge < -0.3 is 4.57 Å². The van der Waals surface area contributed by atoms with Gasteiger partial charge in [0.25, 0.3) is 5.56 Å². The van der Waals surface area contributed by atoms with Crippen LogP contribution in [0.3, 0.4) is 0 Å². The first-order valence-electron chi connectivity index (χ1n) is 5.35. The molecule has 0 aliphatic heterocycles. The van der Waals surface area contributed by atoms with E-state index >= 15 is 0 Å². The fourth-order valence-electron chi connectivity index (χ4n) is 1.52. The van der Waals surface area contributed by atoms with Crippen LogP contribution in [-0.2, 0) is 9.84 Å². The number of rotatable bonds is 4. The van der Waals surface area contributed by atoms with E-state index in [1.165, 1.54) is 23.9 Å². The lowest BCUT2D eigenvalue weighted by atomic mass is 10.6. The molecule has 1 unspecified atom stereocenters. The highest BCUT2D eigenvalue weighted by Crippen LogP contribution is 2.33. The lowest BCUT2D eigenvalue weighted by molar-refractivity contribution is 0.575. The van der Waals surface area contributed by atoms with Crippen LogP contribution in [0.25, 0.3) is 0 Å². The molecule has 0 radical (unpaired) electrons. The maximum Gasteiger partial charge on any atom is 0.288 e. The molecule has 17 heavy (non-hydrogen) atoms. The molecular weight excluding hydrogens is 264 g/mol. The van der Waals surface area contributed by atoms with Crippen LogP contribution >= 0.6 is 11.6 Å². The van der Waals surface area contributed by atoms with Gasteiger partial charge in [0.2, 0.25) is 14.9 Å². The summed E-state index contributed by atoms with van der Waals surface area (Å²) in [6.45, 7) is 1.47. The van der Waals surface area contributed by atoms with Crippen LogP contribution in [0, 0.1) is 0 Å². The molecule has 5 nitrogen and oxygen atoms in total. The van der Waals surface area contributed by atoms with Gasteiger partial charge in [0.15, 0.2) is 0 Å². The average Bonchev–Trinajstić information content (AvgIpc) is 3.11. The largest absolute Gasteiger partial charge is 0.308 e. The van der Waals surface area contributed by atoms with Gasteiger partial charge in [0.1, 0.15) is 0 Å². The van der Waals surface area contributed by atoms with E-state index in [4.69, 9.17) is 11.6 Å². The monoisotopic (exact) mass is 276 g/mol. The fraction of sp³-hybridized carbons (Fsp3) is 0.600. The minimum absolute atomic E-state index is 0.0538. The van der Waals surface area contributed by atoms with Crippen LogP contribution in [0.5, 0.6) is 0 Å². The van der Waals surface area contributed by atoms with Crippen LogP contribution < -0.4 is 5.56 Å². The van der Waals surface area contributed by atoms with Crippen molar-refractivity contribution in [3.8, 4) is 0 Å². The van der Waals surface area contributed by atoms with Gasteiger partial charge in [-0.2, -0.15) is 0 Å². The molecule has 94 valence electrons. The number of hydrogen-bond acceptors (Lipinski definition) is 4. The zero-order valence-electron chi connectivity index (χ0n) is 9.34. The Kier molecular flexibility index (Phi) is 3.27. The molecule has 1 saturated carbocycles. The summed E-state index contributed by atoms with van der Waals surface area (Å²) < 4.78 is 25.5. The molecule has 0 spiro atoms. The Balaban J connectivity index is 2.53. The zero-order valence-corrected chi connectivity index (χ0v) is 10.9. The molecule has 1 atom stereocenters. The summed E-state index contributed by atoms with van der Waals surface area (Å²) in [5.41, 5.74) is -0.535. The molecule has 1 aromatic heterocycles. The van der Waals surface area contributed by atoms with Crippen molar-refractivity contribution in [1.29, 1.82) is 0 Å². The van der Waals surface area contributed by atoms with E-state index < -0.39 is 20.6 Å². The van der Waals surface area contributed by atoms with Crippen LogP contribution in [0.1, 0.15) is 25.8 Å². The van der Waals surface area contributed by atoms with E-state index in [2.05, 4.69) is 4.98 Å². The van der Waals surface area contributed by atoms with Crippen molar-refractivity contribution in [2.45, 2.75) is 36.1 Å². The van der Waals surface area contributed by atoms with E-state index in [1.54, 1.807) is 0 Å². The smallest absolute Gasteiger partial charge is 0.288 e. The summed E-state index contributed by atoms with van der Waals surface area (Å²) in [7, 11) is -3.72. The van der Waals surface area contributed by atoms with Gasteiger partial charge in [-0.1, -0.05) is 0 Å². The first-order chi connectivity index (χ1) is 7.98. The maximum absolute atomic E-state index is 12.0. The first-order valence-corrected chi connectivity index (χ1v) is 7.43. The highest BCUT2D eigenvalue weighted by Gasteiger charge is 2.31. The predicted octanol–water partition coefficient (Wildman–Crippen LogP) is 0.979. The molecule has 1 aliphatic carbocycles. The van der Waals surface area contributed by atoms with E-state index in [0.29, 0.717) is 0 Å². The topological polar surface area (TPSA) is 69.0 Å². The summed E-state index contributed by atoms with van der Waals surface area (Å²) in [6, 6.07) is 0.130. The van der Waals surface area contributed by atoms with Gasteiger partial charge in [0.05, 0.1) is 5.25 Å². The van der Waals surface area contributed by atoms with Crippen molar-refractivity contribution < 1.29 is 8.42 Å². The minimum Gasteiger partial charge on any atom is -0.308 e. The Morgan fingerprint density at radius 1 is 1.59 bits per heavy atom. The number of hydrogen-bond donors (Lipinski definition) is 0. The van der Waals surface area contributed by atoms with Gasteiger partial charge in [-0.15, -0.1) is 11.6 Å². The van der Waals surface area contributed by atoms with Crippen molar-refractivity contribution >= 4 is 21.4 Å². The van der Waals surface area contributed by atoms with Gasteiger partial charge in [-0.05, 0) is 19.8 Å². The fourth-order valence-corrected chi connectivity index (χ4v) is 3.12. The van der Waals surface area contributed by atoms with Gasteiger partial charge in [0, 0.05) is 24.3 Å². The molecule has 1 aliphatic rings. The Labute approximate surface area is 104 Å². The second-order valence-electron chi connectivity index (χ2n) is 4.19. The highest BCUT2D eigenvalue weighted by molar-refractivity contribution is 7.92. The Morgan fingerprint density at radius 2 is 2.24 bits per heavy atom. The molecule has 0 bridgehead atoms. The van der Waals surface area contributed by atoms with Gasteiger partial charge in [-0.25, -0.2) is 13.4 Å². The molecule has 1 fully saturated rings. The molecule has 0 amide bonds. The summed E-state index contributed by atoms with van der Waals surface area (Å²) >= 11 is 5.54. The van der Waals surface area contributed by atoms with Crippen molar-refractivity contribution in [3.05, 3.63) is 22.7 Å². The second-order valence-corrected chi connectivity index (χ2v) is 6.78. The molecule has 0 saturated heterocycles. The molecule has 0 aromatic carbocycles. The standard InChI is InChI=1S/C10H13ClN2O3S/c1-7(6-11)17(15,16)9-10(14)13(5-4-12-9)8-2-3-8/h4-5,7-8H,2-3,6H2,1H3. The van der Waals surface area contributed by atoms with Crippen LogP contribution in [0.4, 0.5) is 0 Å². The van der Waals surface area contributed by atoms with Crippen LogP contribution in [-0.4, -0.2) is 29.1 Å². The van der Waals surface area contributed by atoms with E-state index in [-0.39, 0.29) is 16.9 Å². The SMILES string of the molecule is CC(CCl)S(=O)(=O)c1nccn(C2CC2)c1=O.